The first kappa shape index (κ1) is 15.7. The van der Waals surface area contributed by atoms with Crippen LogP contribution in [0.25, 0.3) is 0 Å². The van der Waals surface area contributed by atoms with Gasteiger partial charge in [0.25, 0.3) is 0 Å². The van der Waals surface area contributed by atoms with Crippen LogP contribution in [0.1, 0.15) is 31.1 Å². The summed E-state index contributed by atoms with van der Waals surface area (Å²) in [5, 5.41) is 8.06. The number of aliphatic hydroxyl groups is 1. The summed E-state index contributed by atoms with van der Waals surface area (Å²) in [6.07, 6.45) is 0. The monoisotopic (exact) mass is 282 g/mol. The molecule has 0 saturated heterocycles. The van der Waals surface area contributed by atoms with E-state index in [4.69, 9.17) is 4.74 Å². The number of ether oxygens (including phenoxy) is 1. The number of benzene rings is 1. The Hall–Kier alpha value is -1.33. The van der Waals surface area contributed by atoms with Crippen molar-refractivity contribution in [2.45, 2.75) is 31.6 Å². The second kappa shape index (κ2) is 6.73. The van der Waals surface area contributed by atoms with E-state index >= 15 is 0 Å². The molecule has 0 bridgehead atoms. The number of esters is 1. The Morgan fingerprint density at radius 3 is 2.32 bits per heavy atom. The third-order valence-corrected chi connectivity index (χ3v) is 3.17. The molecule has 0 spiro atoms. The highest BCUT2D eigenvalue weighted by Gasteiger charge is 2.27. The van der Waals surface area contributed by atoms with Crippen LogP contribution < -0.4 is 0 Å². The molecule has 1 aromatic rings. The first-order valence-electron chi connectivity index (χ1n) is 5.93. The van der Waals surface area contributed by atoms with Gasteiger partial charge in [-0.15, -0.1) is 0 Å². The summed E-state index contributed by atoms with van der Waals surface area (Å²) in [5.41, 5.74) is -0.143. The van der Waals surface area contributed by atoms with Gasteiger partial charge in [0.15, 0.2) is 0 Å². The molecular weight excluding hydrogens is 264 g/mol. The van der Waals surface area contributed by atoms with Crippen molar-refractivity contribution in [2.75, 3.05) is 6.61 Å². The van der Waals surface area contributed by atoms with Gasteiger partial charge in [-0.3, -0.25) is 9.59 Å². The van der Waals surface area contributed by atoms with Gasteiger partial charge in [-0.1, -0.05) is 42.1 Å². The standard InChI is InChI=1S/C14H18O4S/c1-14(2,3)18-12(16)11(9-15)19-13(17)10-7-5-4-6-8-10/h4-8,11,15H,9H2,1-3H3. The van der Waals surface area contributed by atoms with Gasteiger partial charge in [0.05, 0.1) is 6.61 Å². The molecule has 1 aromatic carbocycles. The molecule has 0 amide bonds. The van der Waals surface area contributed by atoms with Crippen molar-refractivity contribution in [2.24, 2.45) is 0 Å². The normalized spacial score (nSPS) is 12.8. The second-order valence-corrected chi connectivity index (χ2v) is 6.15. The lowest BCUT2D eigenvalue weighted by Gasteiger charge is -2.22. The van der Waals surface area contributed by atoms with Crippen LogP contribution in [0.4, 0.5) is 0 Å². The number of aliphatic hydroxyl groups excluding tert-OH is 1. The van der Waals surface area contributed by atoms with Crippen molar-refractivity contribution in [1.29, 1.82) is 0 Å². The van der Waals surface area contributed by atoms with Crippen molar-refractivity contribution in [3.63, 3.8) is 0 Å². The minimum Gasteiger partial charge on any atom is -0.459 e. The van der Waals surface area contributed by atoms with Crippen LogP contribution >= 0.6 is 11.8 Å². The fraction of sp³-hybridized carbons (Fsp3) is 0.429. The molecule has 0 saturated carbocycles. The maximum atomic E-state index is 11.9. The molecule has 5 heteroatoms. The predicted molar refractivity (Wildman–Crippen MR) is 75.1 cm³/mol. The van der Waals surface area contributed by atoms with Gasteiger partial charge < -0.3 is 9.84 Å². The smallest absolute Gasteiger partial charge is 0.322 e. The highest BCUT2D eigenvalue weighted by Crippen LogP contribution is 2.21. The lowest BCUT2D eigenvalue weighted by Crippen LogP contribution is -2.32. The summed E-state index contributed by atoms with van der Waals surface area (Å²) in [5.74, 6) is -0.579. The molecule has 1 N–H and O–H groups in total. The molecule has 19 heavy (non-hydrogen) atoms. The molecule has 0 aromatic heterocycles. The summed E-state index contributed by atoms with van der Waals surface area (Å²) >= 11 is 0.783. The number of rotatable bonds is 4. The first-order chi connectivity index (χ1) is 8.83. The zero-order valence-electron chi connectivity index (χ0n) is 11.3. The molecule has 0 aliphatic carbocycles. The van der Waals surface area contributed by atoms with E-state index in [0.717, 1.165) is 11.8 Å². The zero-order chi connectivity index (χ0) is 14.5. The lowest BCUT2D eigenvalue weighted by molar-refractivity contribution is -0.154. The van der Waals surface area contributed by atoms with E-state index in [0.29, 0.717) is 5.56 Å². The van der Waals surface area contributed by atoms with E-state index in [1.165, 1.54) is 0 Å². The zero-order valence-corrected chi connectivity index (χ0v) is 12.1. The van der Waals surface area contributed by atoms with Crippen molar-refractivity contribution in [3.8, 4) is 0 Å². The van der Waals surface area contributed by atoms with Crippen LogP contribution in [0, 0.1) is 0 Å². The van der Waals surface area contributed by atoms with E-state index in [9.17, 15) is 14.7 Å². The number of hydrogen-bond acceptors (Lipinski definition) is 5. The number of hydrogen-bond donors (Lipinski definition) is 1. The molecule has 0 heterocycles. The Labute approximate surface area is 117 Å². The highest BCUT2D eigenvalue weighted by molar-refractivity contribution is 8.15. The molecular formula is C14H18O4S. The van der Waals surface area contributed by atoms with E-state index < -0.39 is 23.4 Å². The molecule has 1 atom stereocenters. The SMILES string of the molecule is CC(C)(C)OC(=O)C(CO)SC(=O)c1ccccc1. The molecule has 0 fully saturated rings. The molecule has 0 aliphatic rings. The van der Waals surface area contributed by atoms with Crippen LogP contribution in [0.2, 0.25) is 0 Å². The molecule has 0 aliphatic heterocycles. The average molecular weight is 282 g/mol. The van der Waals surface area contributed by atoms with Crippen molar-refractivity contribution >= 4 is 22.8 Å². The second-order valence-electron chi connectivity index (χ2n) is 4.98. The molecule has 4 nitrogen and oxygen atoms in total. The minimum atomic E-state index is -0.896. The quantitative estimate of drug-likeness (QED) is 0.858. The Bertz CT molecular complexity index is 437. The summed E-state index contributed by atoms with van der Waals surface area (Å²) in [4.78, 5) is 23.7. The summed E-state index contributed by atoms with van der Waals surface area (Å²) in [6, 6.07) is 8.63. The first-order valence-corrected chi connectivity index (χ1v) is 6.81. The molecule has 1 unspecified atom stereocenters. The van der Waals surface area contributed by atoms with Gasteiger partial charge in [0.1, 0.15) is 10.9 Å². The Balaban J connectivity index is 2.67. The lowest BCUT2D eigenvalue weighted by atomic mass is 10.2. The molecule has 104 valence electrons. The Morgan fingerprint density at radius 1 is 1.26 bits per heavy atom. The molecule has 1 rings (SSSR count). The summed E-state index contributed by atoms with van der Waals surface area (Å²) < 4.78 is 5.16. The van der Waals surface area contributed by atoms with Gasteiger partial charge >= 0.3 is 5.97 Å². The Kier molecular flexibility index (Phi) is 5.57. The number of carbonyl (C=O) groups is 2. The maximum absolute atomic E-state index is 11.9. The fourth-order valence-electron chi connectivity index (χ4n) is 1.30. The highest BCUT2D eigenvalue weighted by atomic mass is 32.2. The van der Waals surface area contributed by atoms with E-state index in [-0.39, 0.29) is 5.12 Å². The van der Waals surface area contributed by atoms with Crippen LogP contribution in [0.3, 0.4) is 0 Å². The largest absolute Gasteiger partial charge is 0.459 e. The Morgan fingerprint density at radius 2 is 1.84 bits per heavy atom. The van der Waals surface area contributed by atoms with Gasteiger partial charge in [-0.25, -0.2) is 0 Å². The van der Waals surface area contributed by atoms with Crippen molar-refractivity contribution in [3.05, 3.63) is 35.9 Å². The van der Waals surface area contributed by atoms with Crippen LogP contribution in [-0.4, -0.2) is 33.6 Å². The van der Waals surface area contributed by atoms with Gasteiger partial charge in [0, 0.05) is 5.56 Å². The van der Waals surface area contributed by atoms with Crippen molar-refractivity contribution < 1.29 is 19.4 Å². The topological polar surface area (TPSA) is 63.6 Å². The predicted octanol–water partition coefficient (Wildman–Crippen LogP) is 2.26. The summed E-state index contributed by atoms with van der Waals surface area (Å²) in [7, 11) is 0. The minimum absolute atomic E-state index is 0.259. The van der Waals surface area contributed by atoms with Crippen LogP contribution in [0.5, 0.6) is 0 Å². The van der Waals surface area contributed by atoms with Crippen molar-refractivity contribution in [1.82, 2.24) is 0 Å². The van der Waals surface area contributed by atoms with E-state index in [1.54, 1.807) is 51.1 Å². The summed E-state index contributed by atoms with van der Waals surface area (Å²) in [6.45, 7) is 4.78. The average Bonchev–Trinajstić information content (AvgIpc) is 2.34. The van der Waals surface area contributed by atoms with E-state index in [1.807, 2.05) is 0 Å². The van der Waals surface area contributed by atoms with Crippen LogP contribution in [0.15, 0.2) is 30.3 Å². The third-order valence-electron chi connectivity index (χ3n) is 2.09. The molecule has 0 radical (unpaired) electrons. The van der Waals surface area contributed by atoms with Gasteiger partial charge in [0.2, 0.25) is 5.12 Å². The maximum Gasteiger partial charge on any atom is 0.322 e. The fourth-order valence-corrected chi connectivity index (χ4v) is 2.05. The van der Waals surface area contributed by atoms with Gasteiger partial charge in [-0.05, 0) is 20.8 Å². The third kappa shape index (κ3) is 5.44. The van der Waals surface area contributed by atoms with Crippen LogP contribution in [-0.2, 0) is 9.53 Å². The van der Waals surface area contributed by atoms with E-state index in [2.05, 4.69) is 0 Å². The van der Waals surface area contributed by atoms with Gasteiger partial charge in [-0.2, -0.15) is 0 Å². The number of carbonyl (C=O) groups excluding carboxylic acids is 2. The number of thioether (sulfide) groups is 1.